The molecule has 1 aliphatic rings. The van der Waals surface area contributed by atoms with Crippen LogP contribution in [0.25, 0.3) is 0 Å². The van der Waals surface area contributed by atoms with Gasteiger partial charge in [-0.25, -0.2) is 0 Å². The summed E-state index contributed by atoms with van der Waals surface area (Å²) < 4.78 is 0. The topological polar surface area (TPSA) is 58.4 Å². The van der Waals surface area contributed by atoms with E-state index < -0.39 is 0 Å². The third-order valence-corrected chi connectivity index (χ3v) is 2.65. The number of nitrogens with zero attached hydrogens (tertiary/aromatic N) is 1. The quantitative estimate of drug-likeness (QED) is 0.626. The molecule has 0 aliphatic carbocycles. The molecule has 0 aromatic rings. The Morgan fingerprint density at radius 1 is 1.62 bits per heavy atom. The van der Waals surface area contributed by atoms with Gasteiger partial charge in [-0.3, -0.25) is 9.69 Å². The van der Waals surface area contributed by atoms with Gasteiger partial charge in [-0.1, -0.05) is 0 Å². The van der Waals surface area contributed by atoms with Gasteiger partial charge in [-0.05, 0) is 26.8 Å². The first kappa shape index (κ1) is 10.5. The predicted molar refractivity (Wildman–Crippen MR) is 52.3 cm³/mol. The smallest absolute Gasteiger partial charge is 0.239 e. The summed E-state index contributed by atoms with van der Waals surface area (Å²) in [5.74, 6) is 0.121. The van der Waals surface area contributed by atoms with Crippen LogP contribution in [-0.4, -0.2) is 42.5 Å². The minimum atomic E-state index is -0.368. The Kier molecular flexibility index (Phi) is 3.27. The number of nitrogens with two attached hydrogens (primary N) is 1. The normalized spacial score (nSPS) is 22.8. The lowest BCUT2D eigenvalue weighted by molar-refractivity contribution is -0.135. The molecule has 1 heterocycles. The number of hydrogen-bond donors (Lipinski definition) is 2. The molecule has 76 valence electrons. The number of piperazine rings is 1. The van der Waals surface area contributed by atoms with Crippen molar-refractivity contribution in [3.05, 3.63) is 0 Å². The molecule has 1 saturated heterocycles. The maximum Gasteiger partial charge on any atom is 0.239 e. The zero-order valence-corrected chi connectivity index (χ0v) is 8.47. The summed E-state index contributed by atoms with van der Waals surface area (Å²) in [5, 5.41) is 2.87. The molecule has 0 spiro atoms. The highest BCUT2D eigenvalue weighted by atomic mass is 16.2. The molecule has 0 bridgehead atoms. The molecule has 0 unspecified atom stereocenters. The van der Waals surface area contributed by atoms with E-state index in [1.165, 1.54) is 0 Å². The van der Waals surface area contributed by atoms with Crippen molar-refractivity contribution in [3.8, 4) is 0 Å². The van der Waals surface area contributed by atoms with Gasteiger partial charge in [0.1, 0.15) is 0 Å². The number of nitrogens with one attached hydrogen (secondary N) is 1. The summed E-state index contributed by atoms with van der Waals surface area (Å²) in [5.41, 5.74) is 5.07. The average Bonchev–Trinajstić information content (AvgIpc) is 2.08. The minimum absolute atomic E-state index is 0.121. The van der Waals surface area contributed by atoms with Gasteiger partial charge in [-0.15, -0.1) is 0 Å². The zero-order valence-electron chi connectivity index (χ0n) is 8.47. The van der Waals surface area contributed by atoms with Gasteiger partial charge in [0.25, 0.3) is 0 Å². The fraction of sp³-hybridized carbons (Fsp3) is 0.889. The highest BCUT2D eigenvalue weighted by molar-refractivity contribution is 5.86. The fourth-order valence-corrected chi connectivity index (χ4v) is 1.62. The van der Waals surface area contributed by atoms with Crippen LogP contribution in [0.15, 0.2) is 0 Å². The van der Waals surface area contributed by atoms with Crippen LogP contribution < -0.4 is 11.1 Å². The first-order valence-electron chi connectivity index (χ1n) is 4.82. The van der Waals surface area contributed by atoms with Crippen molar-refractivity contribution in [1.82, 2.24) is 10.2 Å². The first-order valence-corrected chi connectivity index (χ1v) is 4.82. The molecule has 0 saturated carbocycles. The van der Waals surface area contributed by atoms with Crippen LogP contribution in [0.3, 0.4) is 0 Å². The monoisotopic (exact) mass is 185 g/mol. The van der Waals surface area contributed by atoms with Crippen molar-refractivity contribution in [2.45, 2.75) is 25.8 Å². The highest BCUT2D eigenvalue weighted by Gasteiger charge is 2.36. The maximum atomic E-state index is 11.5. The Hall–Kier alpha value is -0.610. The van der Waals surface area contributed by atoms with E-state index in [1.54, 1.807) is 0 Å². The van der Waals surface area contributed by atoms with Crippen LogP contribution in [0.1, 0.15) is 20.3 Å². The SMILES string of the molecule is CC1(C)C(=O)NCCN1CCCN. The van der Waals surface area contributed by atoms with E-state index in [2.05, 4.69) is 10.2 Å². The van der Waals surface area contributed by atoms with Crippen molar-refractivity contribution in [2.75, 3.05) is 26.2 Å². The molecule has 1 fully saturated rings. The van der Waals surface area contributed by atoms with E-state index in [9.17, 15) is 4.79 Å². The number of carbonyl (C=O) groups excluding carboxylic acids is 1. The molecule has 0 aromatic carbocycles. The second-order valence-electron chi connectivity index (χ2n) is 3.94. The van der Waals surface area contributed by atoms with Gasteiger partial charge >= 0.3 is 0 Å². The lowest BCUT2D eigenvalue weighted by Crippen LogP contribution is -2.61. The third kappa shape index (κ3) is 2.19. The molecule has 0 aromatic heterocycles. The van der Waals surface area contributed by atoms with E-state index in [1.807, 2.05) is 13.8 Å². The predicted octanol–water partition coefficient (Wildman–Crippen LogP) is -0.454. The lowest BCUT2D eigenvalue weighted by Gasteiger charge is -2.41. The Morgan fingerprint density at radius 2 is 2.31 bits per heavy atom. The second kappa shape index (κ2) is 4.07. The van der Waals surface area contributed by atoms with E-state index in [0.717, 1.165) is 26.1 Å². The van der Waals surface area contributed by atoms with Crippen LogP contribution in [0.2, 0.25) is 0 Å². The molecule has 0 atom stereocenters. The molecule has 3 N–H and O–H groups in total. The molecule has 4 heteroatoms. The minimum Gasteiger partial charge on any atom is -0.353 e. The third-order valence-electron chi connectivity index (χ3n) is 2.65. The molecular weight excluding hydrogens is 166 g/mol. The van der Waals surface area contributed by atoms with Gasteiger partial charge in [0.2, 0.25) is 5.91 Å². The standard InChI is InChI=1S/C9H19N3O/c1-9(2)8(13)11-5-7-12(9)6-3-4-10/h3-7,10H2,1-2H3,(H,11,13). The van der Waals surface area contributed by atoms with Crippen molar-refractivity contribution < 1.29 is 4.79 Å². The molecule has 0 radical (unpaired) electrons. The molecule has 1 aliphatic heterocycles. The van der Waals surface area contributed by atoms with Crippen LogP contribution >= 0.6 is 0 Å². The second-order valence-corrected chi connectivity index (χ2v) is 3.94. The zero-order chi connectivity index (χ0) is 9.90. The van der Waals surface area contributed by atoms with E-state index >= 15 is 0 Å². The Labute approximate surface area is 79.5 Å². The van der Waals surface area contributed by atoms with Crippen LogP contribution in [-0.2, 0) is 4.79 Å². The number of hydrogen-bond acceptors (Lipinski definition) is 3. The highest BCUT2D eigenvalue weighted by Crippen LogP contribution is 2.17. The van der Waals surface area contributed by atoms with Gasteiger partial charge in [0.15, 0.2) is 0 Å². The molecule has 13 heavy (non-hydrogen) atoms. The number of amides is 1. The average molecular weight is 185 g/mol. The molecular formula is C9H19N3O. The first-order chi connectivity index (χ1) is 6.09. The van der Waals surface area contributed by atoms with Crippen molar-refractivity contribution >= 4 is 5.91 Å². The van der Waals surface area contributed by atoms with Crippen molar-refractivity contribution in [2.24, 2.45) is 5.73 Å². The van der Waals surface area contributed by atoms with Gasteiger partial charge in [0.05, 0.1) is 5.54 Å². The number of rotatable bonds is 3. The van der Waals surface area contributed by atoms with Gasteiger partial charge in [-0.2, -0.15) is 0 Å². The van der Waals surface area contributed by atoms with Gasteiger partial charge in [0, 0.05) is 19.6 Å². The summed E-state index contributed by atoms with van der Waals surface area (Å²) in [4.78, 5) is 13.7. The van der Waals surface area contributed by atoms with E-state index in [4.69, 9.17) is 5.73 Å². The van der Waals surface area contributed by atoms with Crippen LogP contribution in [0, 0.1) is 0 Å². The van der Waals surface area contributed by atoms with E-state index in [0.29, 0.717) is 6.54 Å². The summed E-state index contributed by atoms with van der Waals surface area (Å²) in [6.07, 6.45) is 0.955. The summed E-state index contributed by atoms with van der Waals surface area (Å²) in [6.45, 7) is 7.20. The fourth-order valence-electron chi connectivity index (χ4n) is 1.62. The largest absolute Gasteiger partial charge is 0.353 e. The van der Waals surface area contributed by atoms with Crippen LogP contribution in [0.5, 0.6) is 0 Å². The van der Waals surface area contributed by atoms with Crippen molar-refractivity contribution in [1.29, 1.82) is 0 Å². The maximum absolute atomic E-state index is 11.5. The summed E-state index contributed by atoms with van der Waals surface area (Å²) in [6, 6.07) is 0. The molecule has 1 rings (SSSR count). The summed E-state index contributed by atoms with van der Waals surface area (Å²) in [7, 11) is 0. The summed E-state index contributed by atoms with van der Waals surface area (Å²) >= 11 is 0. The molecule has 1 amide bonds. The Morgan fingerprint density at radius 3 is 2.92 bits per heavy atom. The van der Waals surface area contributed by atoms with Crippen LogP contribution in [0.4, 0.5) is 0 Å². The van der Waals surface area contributed by atoms with Gasteiger partial charge < -0.3 is 11.1 Å². The van der Waals surface area contributed by atoms with Crippen molar-refractivity contribution in [3.63, 3.8) is 0 Å². The Bertz CT molecular complexity index is 191. The molecule has 4 nitrogen and oxygen atoms in total. The van der Waals surface area contributed by atoms with E-state index in [-0.39, 0.29) is 11.4 Å². The Balaban J connectivity index is 2.55. The lowest BCUT2D eigenvalue weighted by atomic mass is 9.99. The number of carbonyl (C=O) groups is 1.